The molecule has 0 saturated carbocycles. The van der Waals surface area contributed by atoms with Crippen molar-refractivity contribution in [2.75, 3.05) is 11.5 Å². The molecule has 1 heterocycles. The molecule has 0 bridgehead atoms. The first kappa shape index (κ1) is 22.0. The molecule has 0 aliphatic heterocycles. The van der Waals surface area contributed by atoms with Crippen LogP contribution in [0.3, 0.4) is 0 Å². The zero-order chi connectivity index (χ0) is 23.0. The number of pyridine rings is 1. The lowest BCUT2D eigenvalue weighted by Crippen LogP contribution is -2.30. The summed E-state index contributed by atoms with van der Waals surface area (Å²) in [6.07, 6.45) is 3.44. The van der Waals surface area contributed by atoms with Crippen LogP contribution in [0.15, 0.2) is 103 Å². The predicted molar refractivity (Wildman–Crippen MR) is 129 cm³/mol. The number of carbonyl (C=O) groups is 2. The molecule has 0 aliphatic rings. The number of carbonyl (C=O) groups excluding carboxylic acids is 2. The summed E-state index contributed by atoms with van der Waals surface area (Å²) in [5, 5.41) is 0. The Hall–Kier alpha value is -4.25. The summed E-state index contributed by atoms with van der Waals surface area (Å²) >= 11 is 0. The second-order valence-electron chi connectivity index (χ2n) is 7.46. The molecule has 5 nitrogen and oxygen atoms in total. The van der Waals surface area contributed by atoms with E-state index in [0.717, 1.165) is 16.7 Å². The first-order valence-electron chi connectivity index (χ1n) is 10.8. The van der Waals surface area contributed by atoms with E-state index in [9.17, 15) is 9.59 Å². The third-order valence-corrected chi connectivity index (χ3v) is 5.24. The Labute approximate surface area is 193 Å². The van der Waals surface area contributed by atoms with E-state index in [4.69, 9.17) is 4.74 Å². The van der Waals surface area contributed by atoms with Gasteiger partial charge in [-0.25, -0.2) is 4.79 Å². The van der Waals surface area contributed by atoms with E-state index in [2.05, 4.69) is 4.98 Å². The molecule has 0 spiro atoms. The molecule has 4 rings (SSSR count). The van der Waals surface area contributed by atoms with E-state index in [-0.39, 0.29) is 11.9 Å². The number of amides is 1. The number of benzene rings is 3. The maximum atomic E-state index is 13.5. The third kappa shape index (κ3) is 5.33. The van der Waals surface area contributed by atoms with Crippen molar-refractivity contribution in [1.29, 1.82) is 0 Å². The molecule has 1 amide bonds. The molecule has 4 aromatic rings. The fourth-order valence-electron chi connectivity index (χ4n) is 3.54. The summed E-state index contributed by atoms with van der Waals surface area (Å²) < 4.78 is 5.06. The molecule has 0 radical (unpaired) electrons. The predicted octanol–water partition coefficient (Wildman–Crippen LogP) is 5.77. The van der Waals surface area contributed by atoms with Crippen LogP contribution in [0.2, 0.25) is 0 Å². The quantitative estimate of drug-likeness (QED) is 0.345. The fourth-order valence-corrected chi connectivity index (χ4v) is 3.54. The van der Waals surface area contributed by atoms with Crippen LogP contribution in [0.25, 0.3) is 11.1 Å². The minimum Gasteiger partial charge on any atom is -0.462 e. The zero-order valence-electron chi connectivity index (χ0n) is 18.3. The van der Waals surface area contributed by atoms with Gasteiger partial charge in [-0.2, -0.15) is 0 Å². The zero-order valence-corrected chi connectivity index (χ0v) is 18.3. The van der Waals surface area contributed by atoms with Crippen LogP contribution < -0.4 is 4.90 Å². The minimum atomic E-state index is -0.384. The highest BCUT2D eigenvalue weighted by molar-refractivity contribution is 6.06. The fraction of sp³-hybridized carbons (Fsp3) is 0.107. The summed E-state index contributed by atoms with van der Waals surface area (Å²) in [6.45, 7) is 2.43. The van der Waals surface area contributed by atoms with E-state index in [1.165, 1.54) is 0 Å². The molecule has 5 heteroatoms. The molecule has 3 aromatic carbocycles. The summed E-state index contributed by atoms with van der Waals surface area (Å²) in [7, 11) is 0. The topological polar surface area (TPSA) is 59.5 Å². The molecule has 0 saturated heterocycles. The average molecular weight is 437 g/mol. The monoisotopic (exact) mass is 436 g/mol. The van der Waals surface area contributed by atoms with Gasteiger partial charge in [-0.05, 0) is 66.1 Å². The Bertz CT molecular complexity index is 1210. The van der Waals surface area contributed by atoms with E-state index in [1.807, 2.05) is 66.7 Å². The van der Waals surface area contributed by atoms with E-state index >= 15 is 0 Å². The first-order valence-corrected chi connectivity index (χ1v) is 10.8. The summed E-state index contributed by atoms with van der Waals surface area (Å²) in [4.78, 5) is 31.4. The van der Waals surface area contributed by atoms with Crippen LogP contribution in [0.4, 0.5) is 5.69 Å². The molecule has 33 heavy (non-hydrogen) atoms. The largest absolute Gasteiger partial charge is 0.462 e. The number of hydrogen-bond donors (Lipinski definition) is 0. The Kier molecular flexibility index (Phi) is 6.90. The van der Waals surface area contributed by atoms with Gasteiger partial charge in [-0.1, -0.05) is 48.5 Å². The number of nitrogens with zero attached hydrogens (tertiary/aromatic N) is 2. The van der Waals surface area contributed by atoms with Crippen LogP contribution in [-0.2, 0) is 11.3 Å². The van der Waals surface area contributed by atoms with Gasteiger partial charge in [0.15, 0.2) is 0 Å². The van der Waals surface area contributed by atoms with Gasteiger partial charge in [0.05, 0.1) is 18.7 Å². The summed E-state index contributed by atoms with van der Waals surface area (Å²) in [5.41, 5.74) is 4.75. The van der Waals surface area contributed by atoms with Crippen LogP contribution in [-0.4, -0.2) is 23.5 Å². The lowest BCUT2D eigenvalue weighted by atomic mass is 10.0. The number of rotatable bonds is 7. The van der Waals surface area contributed by atoms with E-state index in [1.54, 1.807) is 48.5 Å². The summed E-state index contributed by atoms with van der Waals surface area (Å²) in [5.74, 6) is -0.520. The highest BCUT2D eigenvalue weighted by atomic mass is 16.5. The second-order valence-corrected chi connectivity index (χ2v) is 7.46. The molecule has 164 valence electrons. The lowest BCUT2D eigenvalue weighted by Gasteiger charge is -2.23. The Balaban J connectivity index is 1.63. The second kappa shape index (κ2) is 10.4. The van der Waals surface area contributed by atoms with Gasteiger partial charge >= 0.3 is 5.97 Å². The van der Waals surface area contributed by atoms with Crippen LogP contribution in [0, 0.1) is 0 Å². The number of anilines is 1. The molecule has 0 atom stereocenters. The number of aromatic nitrogens is 1. The van der Waals surface area contributed by atoms with Crippen molar-refractivity contribution in [2.45, 2.75) is 13.5 Å². The van der Waals surface area contributed by atoms with Crippen LogP contribution >= 0.6 is 0 Å². The standard InChI is InChI=1S/C28H24N2O3/c1-2-33-28(32)25-14-16-26(17-15-25)30(20-21-7-6-18-29-19-21)27(31)24-12-10-23(11-13-24)22-8-4-3-5-9-22/h3-19H,2,20H2,1H3. The van der Waals surface area contributed by atoms with Gasteiger partial charge in [0.25, 0.3) is 5.91 Å². The van der Waals surface area contributed by atoms with E-state index in [0.29, 0.717) is 30.0 Å². The first-order chi connectivity index (χ1) is 16.2. The van der Waals surface area contributed by atoms with Crippen molar-refractivity contribution in [3.05, 3.63) is 120 Å². The molecule has 0 unspecified atom stereocenters. The summed E-state index contributed by atoms with van der Waals surface area (Å²) in [6, 6.07) is 28.3. The number of ether oxygens (including phenoxy) is 1. The van der Waals surface area contributed by atoms with Gasteiger partial charge in [-0.15, -0.1) is 0 Å². The molecule has 0 N–H and O–H groups in total. The van der Waals surface area contributed by atoms with E-state index < -0.39 is 0 Å². The van der Waals surface area contributed by atoms with Gasteiger partial charge in [0, 0.05) is 23.6 Å². The van der Waals surface area contributed by atoms with Crippen molar-refractivity contribution in [1.82, 2.24) is 4.98 Å². The lowest BCUT2D eigenvalue weighted by molar-refractivity contribution is 0.0526. The van der Waals surface area contributed by atoms with Crippen LogP contribution in [0.5, 0.6) is 0 Å². The Morgan fingerprint density at radius 2 is 1.45 bits per heavy atom. The maximum absolute atomic E-state index is 13.5. The SMILES string of the molecule is CCOC(=O)c1ccc(N(Cc2cccnc2)C(=O)c2ccc(-c3ccccc3)cc2)cc1. The smallest absolute Gasteiger partial charge is 0.338 e. The maximum Gasteiger partial charge on any atom is 0.338 e. The number of esters is 1. The molecular weight excluding hydrogens is 412 g/mol. The van der Waals surface area contributed by atoms with Crippen molar-refractivity contribution in [2.24, 2.45) is 0 Å². The van der Waals surface area contributed by atoms with Crippen molar-refractivity contribution in [3.8, 4) is 11.1 Å². The molecule has 1 aromatic heterocycles. The highest BCUT2D eigenvalue weighted by Crippen LogP contribution is 2.24. The van der Waals surface area contributed by atoms with Crippen molar-refractivity contribution < 1.29 is 14.3 Å². The van der Waals surface area contributed by atoms with Gasteiger partial charge in [0.1, 0.15) is 0 Å². The third-order valence-electron chi connectivity index (χ3n) is 5.24. The van der Waals surface area contributed by atoms with Crippen molar-refractivity contribution >= 4 is 17.6 Å². The highest BCUT2D eigenvalue weighted by Gasteiger charge is 2.19. The van der Waals surface area contributed by atoms with Gasteiger partial charge < -0.3 is 9.64 Å². The van der Waals surface area contributed by atoms with Gasteiger partial charge in [0.2, 0.25) is 0 Å². The number of hydrogen-bond acceptors (Lipinski definition) is 4. The van der Waals surface area contributed by atoms with Gasteiger partial charge in [-0.3, -0.25) is 9.78 Å². The minimum absolute atomic E-state index is 0.137. The molecule has 0 aliphatic carbocycles. The Morgan fingerprint density at radius 1 is 0.788 bits per heavy atom. The van der Waals surface area contributed by atoms with Crippen molar-refractivity contribution in [3.63, 3.8) is 0 Å². The average Bonchev–Trinajstić information content (AvgIpc) is 2.88. The van der Waals surface area contributed by atoms with Crippen LogP contribution in [0.1, 0.15) is 33.2 Å². The normalized spacial score (nSPS) is 10.5. The molecular formula is C28H24N2O3. The molecule has 0 fully saturated rings. The Morgan fingerprint density at radius 3 is 2.09 bits per heavy atom.